The van der Waals surface area contributed by atoms with Gasteiger partial charge in [0.2, 0.25) is 0 Å². The van der Waals surface area contributed by atoms with Gasteiger partial charge in [0.1, 0.15) is 0 Å². The standard InChI is InChI=1S/C10H19N3/c1-7-8(2)12-13(9(7)3)10(4,5)6-11/h6,11H2,1-5H3. The van der Waals surface area contributed by atoms with Crippen LogP contribution in [0.5, 0.6) is 0 Å². The Morgan fingerprint density at radius 1 is 1.31 bits per heavy atom. The fraction of sp³-hybridized carbons (Fsp3) is 0.700. The SMILES string of the molecule is Cc1nn(C(C)(C)CN)c(C)c1C. The van der Waals surface area contributed by atoms with Crippen LogP contribution in [0.3, 0.4) is 0 Å². The molecule has 0 saturated heterocycles. The molecule has 3 heteroatoms. The molecule has 0 aromatic carbocycles. The minimum atomic E-state index is -0.0803. The zero-order valence-electron chi connectivity index (χ0n) is 9.18. The number of hydrogen-bond acceptors (Lipinski definition) is 2. The third-order valence-electron chi connectivity index (χ3n) is 2.73. The molecule has 0 bridgehead atoms. The Hall–Kier alpha value is -0.830. The van der Waals surface area contributed by atoms with Crippen LogP contribution in [0.4, 0.5) is 0 Å². The molecule has 1 aromatic rings. The van der Waals surface area contributed by atoms with Crippen molar-refractivity contribution in [2.24, 2.45) is 5.73 Å². The molecule has 0 aliphatic rings. The number of aryl methyl sites for hydroxylation is 1. The summed E-state index contributed by atoms with van der Waals surface area (Å²) in [5, 5.41) is 4.49. The lowest BCUT2D eigenvalue weighted by molar-refractivity contribution is 0.322. The van der Waals surface area contributed by atoms with E-state index in [0.29, 0.717) is 6.54 Å². The van der Waals surface area contributed by atoms with Gasteiger partial charge < -0.3 is 5.73 Å². The topological polar surface area (TPSA) is 43.8 Å². The van der Waals surface area contributed by atoms with Crippen molar-refractivity contribution >= 4 is 0 Å². The van der Waals surface area contributed by atoms with Gasteiger partial charge in [0.05, 0.1) is 11.2 Å². The van der Waals surface area contributed by atoms with E-state index in [1.165, 1.54) is 11.3 Å². The fourth-order valence-corrected chi connectivity index (χ4v) is 1.40. The molecule has 74 valence electrons. The number of nitrogens with zero attached hydrogens (tertiary/aromatic N) is 2. The van der Waals surface area contributed by atoms with E-state index in [1.54, 1.807) is 0 Å². The maximum absolute atomic E-state index is 5.71. The smallest absolute Gasteiger partial charge is 0.0696 e. The van der Waals surface area contributed by atoms with Gasteiger partial charge in [-0.1, -0.05) is 0 Å². The van der Waals surface area contributed by atoms with Gasteiger partial charge in [0.15, 0.2) is 0 Å². The van der Waals surface area contributed by atoms with E-state index < -0.39 is 0 Å². The summed E-state index contributed by atoms with van der Waals surface area (Å²) in [6.45, 7) is 11.0. The predicted octanol–water partition coefficient (Wildman–Crippen LogP) is 1.50. The van der Waals surface area contributed by atoms with Crippen LogP contribution in [0.15, 0.2) is 0 Å². The van der Waals surface area contributed by atoms with E-state index in [9.17, 15) is 0 Å². The van der Waals surface area contributed by atoms with E-state index in [4.69, 9.17) is 5.73 Å². The second kappa shape index (κ2) is 3.14. The summed E-state index contributed by atoms with van der Waals surface area (Å²) in [4.78, 5) is 0. The summed E-state index contributed by atoms with van der Waals surface area (Å²) in [6, 6.07) is 0. The first-order valence-electron chi connectivity index (χ1n) is 4.63. The van der Waals surface area contributed by atoms with Gasteiger partial charge in [0, 0.05) is 12.2 Å². The largest absolute Gasteiger partial charge is 0.328 e. The first kappa shape index (κ1) is 10.3. The quantitative estimate of drug-likeness (QED) is 0.751. The third-order valence-corrected chi connectivity index (χ3v) is 2.73. The highest BCUT2D eigenvalue weighted by molar-refractivity contribution is 5.23. The monoisotopic (exact) mass is 181 g/mol. The summed E-state index contributed by atoms with van der Waals surface area (Å²) in [5.41, 5.74) is 9.20. The molecule has 0 atom stereocenters. The van der Waals surface area contributed by atoms with Gasteiger partial charge in [-0.15, -0.1) is 0 Å². The maximum Gasteiger partial charge on any atom is 0.0696 e. The van der Waals surface area contributed by atoms with Crippen molar-refractivity contribution in [1.29, 1.82) is 0 Å². The summed E-state index contributed by atoms with van der Waals surface area (Å²) in [5.74, 6) is 0. The van der Waals surface area contributed by atoms with E-state index >= 15 is 0 Å². The Balaban J connectivity index is 3.23. The molecule has 1 rings (SSSR count). The molecule has 3 nitrogen and oxygen atoms in total. The Labute approximate surface area is 79.9 Å². The molecule has 0 unspecified atom stereocenters. The van der Waals surface area contributed by atoms with Crippen LogP contribution in [0.25, 0.3) is 0 Å². The Bertz CT molecular complexity index is 310. The van der Waals surface area contributed by atoms with Gasteiger partial charge in [-0.2, -0.15) is 5.10 Å². The Morgan fingerprint density at radius 3 is 2.15 bits per heavy atom. The van der Waals surface area contributed by atoms with Crippen molar-refractivity contribution in [1.82, 2.24) is 9.78 Å². The van der Waals surface area contributed by atoms with Gasteiger partial charge in [0.25, 0.3) is 0 Å². The average Bonchev–Trinajstić information content (AvgIpc) is 2.33. The lowest BCUT2D eigenvalue weighted by atomic mass is 10.1. The predicted molar refractivity (Wildman–Crippen MR) is 54.8 cm³/mol. The molecule has 1 heterocycles. The van der Waals surface area contributed by atoms with Crippen LogP contribution < -0.4 is 5.73 Å². The Morgan fingerprint density at radius 2 is 1.85 bits per heavy atom. The molecule has 0 fully saturated rings. The molecule has 0 saturated carbocycles. The average molecular weight is 181 g/mol. The minimum absolute atomic E-state index is 0.0803. The van der Waals surface area contributed by atoms with Crippen molar-refractivity contribution in [3.05, 3.63) is 17.0 Å². The zero-order valence-corrected chi connectivity index (χ0v) is 9.18. The highest BCUT2D eigenvalue weighted by Crippen LogP contribution is 2.19. The molecule has 0 amide bonds. The molecule has 13 heavy (non-hydrogen) atoms. The lowest BCUT2D eigenvalue weighted by Crippen LogP contribution is -2.36. The molecular weight excluding hydrogens is 162 g/mol. The number of aromatic nitrogens is 2. The van der Waals surface area contributed by atoms with Gasteiger partial charge in [-0.3, -0.25) is 4.68 Å². The zero-order chi connectivity index (χ0) is 10.2. The Kier molecular flexibility index (Phi) is 2.48. The number of rotatable bonds is 2. The van der Waals surface area contributed by atoms with Crippen LogP contribution in [-0.4, -0.2) is 16.3 Å². The normalized spacial score (nSPS) is 12.2. The van der Waals surface area contributed by atoms with Crippen LogP contribution in [0.2, 0.25) is 0 Å². The van der Waals surface area contributed by atoms with Crippen LogP contribution in [0, 0.1) is 20.8 Å². The lowest BCUT2D eigenvalue weighted by Gasteiger charge is -2.25. The number of hydrogen-bond donors (Lipinski definition) is 1. The summed E-state index contributed by atoms with van der Waals surface area (Å²) in [6.07, 6.45) is 0. The fourth-order valence-electron chi connectivity index (χ4n) is 1.40. The van der Waals surface area contributed by atoms with E-state index in [1.807, 2.05) is 11.6 Å². The van der Waals surface area contributed by atoms with Crippen molar-refractivity contribution in [2.45, 2.75) is 40.2 Å². The molecule has 0 radical (unpaired) electrons. The van der Waals surface area contributed by atoms with Crippen molar-refractivity contribution in [3.63, 3.8) is 0 Å². The highest BCUT2D eigenvalue weighted by atomic mass is 15.3. The molecular formula is C10H19N3. The van der Waals surface area contributed by atoms with Gasteiger partial charge >= 0.3 is 0 Å². The van der Waals surface area contributed by atoms with Crippen LogP contribution in [0.1, 0.15) is 30.8 Å². The number of nitrogens with two attached hydrogens (primary N) is 1. The van der Waals surface area contributed by atoms with Gasteiger partial charge in [-0.25, -0.2) is 0 Å². The summed E-state index contributed by atoms with van der Waals surface area (Å²) >= 11 is 0. The van der Waals surface area contributed by atoms with Gasteiger partial charge in [-0.05, 0) is 40.2 Å². The molecule has 0 aliphatic carbocycles. The minimum Gasteiger partial charge on any atom is -0.328 e. The van der Waals surface area contributed by atoms with Crippen molar-refractivity contribution in [2.75, 3.05) is 6.54 Å². The molecule has 0 spiro atoms. The molecule has 1 aromatic heterocycles. The molecule has 2 N–H and O–H groups in total. The summed E-state index contributed by atoms with van der Waals surface area (Å²) in [7, 11) is 0. The molecule has 0 aliphatic heterocycles. The van der Waals surface area contributed by atoms with Crippen molar-refractivity contribution < 1.29 is 0 Å². The highest BCUT2D eigenvalue weighted by Gasteiger charge is 2.22. The van der Waals surface area contributed by atoms with Crippen molar-refractivity contribution in [3.8, 4) is 0 Å². The van der Waals surface area contributed by atoms with Crippen LogP contribution in [-0.2, 0) is 5.54 Å². The first-order chi connectivity index (χ1) is 5.90. The summed E-state index contributed by atoms with van der Waals surface area (Å²) < 4.78 is 2.03. The van der Waals surface area contributed by atoms with Crippen LogP contribution >= 0.6 is 0 Å². The van der Waals surface area contributed by atoms with E-state index in [-0.39, 0.29) is 5.54 Å². The maximum atomic E-state index is 5.71. The first-order valence-corrected chi connectivity index (χ1v) is 4.63. The second-order valence-electron chi connectivity index (χ2n) is 4.22. The second-order valence-corrected chi connectivity index (χ2v) is 4.22. The van der Waals surface area contributed by atoms with E-state index in [2.05, 4.69) is 32.8 Å². The third kappa shape index (κ3) is 1.61. The van der Waals surface area contributed by atoms with E-state index in [0.717, 1.165) is 5.69 Å².